The number of carbonyl (C=O) groups excluding carboxylic acids is 2. The lowest BCUT2D eigenvalue weighted by Crippen LogP contribution is -2.32. The number of carbonyl (C=O) groups is 2. The molecule has 2 heterocycles. The molecule has 27 heavy (non-hydrogen) atoms. The van der Waals surface area contributed by atoms with Gasteiger partial charge >= 0.3 is 0 Å². The monoisotopic (exact) mass is 371 g/mol. The number of aromatic nitrogens is 2. The Balaban J connectivity index is 2.11. The molecule has 0 saturated heterocycles. The second-order valence-corrected chi connectivity index (χ2v) is 6.28. The van der Waals surface area contributed by atoms with Crippen LogP contribution in [0, 0.1) is 17.7 Å². The first-order valence-electron chi connectivity index (χ1n) is 8.35. The number of Topliss-reactive ketones (excluding diaryl/α,β-unsaturated/α-hetero) is 1. The summed E-state index contributed by atoms with van der Waals surface area (Å²) in [6.07, 6.45) is 1.62. The van der Waals surface area contributed by atoms with Crippen molar-refractivity contribution in [3.05, 3.63) is 35.4 Å². The summed E-state index contributed by atoms with van der Waals surface area (Å²) in [4.78, 5) is 27.3. The number of benzene rings is 1. The van der Waals surface area contributed by atoms with Crippen molar-refractivity contribution in [1.82, 2.24) is 9.55 Å². The van der Waals surface area contributed by atoms with E-state index in [1.54, 1.807) is 11.5 Å². The highest BCUT2D eigenvalue weighted by atomic mass is 19.1. The van der Waals surface area contributed by atoms with Crippen LogP contribution in [0.15, 0.2) is 18.3 Å². The second-order valence-electron chi connectivity index (χ2n) is 6.28. The number of aliphatic hydroxyl groups is 1. The molecule has 0 saturated carbocycles. The van der Waals surface area contributed by atoms with E-state index in [0.29, 0.717) is 17.9 Å². The molecule has 1 amide bonds. The fourth-order valence-electron chi connectivity index (χ4n) is 2.72. The Bertz CT molecular complexity index is 998. The van der Waals surface area contributed by atoms with E-state index in [-0.39, 0.29) is 30.0 Å². The standard InChI is InChI=1S/C19H18FN3O4/c1-3-16(24)19(2,26)5-4-11-8-12-15(9-13(11)20)27-7-6-23-10-14(17(21)25)22-18(12)23/h8-10,26H,3,6-7H2,1-2H3,(H2,21,25). The number of imidazole rings is 1. The molecule has 3 rings (SSSR count). The van der Waals surface area contributed by atoms with Crippen LogP contribution < -0.4 is 10.5 Å². The molecule has 1 aliphatic rings. The summed E-state index contributed by atoms with van der Waals surface area (Å²) in [5, 5.41) is 10.1. The molecule has 8 heteroatoms. The highest BCUT2D eigenvalue weighted by Crippen LogP contribution is 2.34. The second kappa shape index (κ2) is 6.85. The third-order valence-corrected chi connectivity index (χ3v) is 4.23. The van der Waals surface area contributed by atoms with Crippen LogP contribution in [0.3, 0.4) is 0 Å². The van der Waals surface area contributed by atoms with Crippen molar-refractivity contribution in [2.24, 2.45) is 5.73 Å². The van der Waals surface area contributed by atoms with Crippen LogP contribution in [0.1, 0.15) is 36.3 Å². The lowest BCUT2D eigenvalue weighted by Gasteiger charge is -2.13. The van der Waals surface area contributed by atoms with Crippen molar-refractivity contribution in [1.29, 1.82) is 0 Å². The molecule has 1 aromatic heterocycles. The highest BCUT2D eigenvalue weighted by Gasteiger charge is 2.26. The molecule has 1 unspecified atom stereocenters. The number of primary amides is 1. The van der Waals surface area contributed by atoms with Crippen molar-refractivity contribution in [3.63, 3.8) is 0 Å². The smallest absolute Gasteiger partial charge is 0.268 e. The van der Waals surface area contributed by atoms with Crippen LogP contribution >= 0.6 is 0 Å². The normalized spacial score (nSPS) is 14.5. The van der Waals surface area contributed by atoms with Gasteiger partial charge in [0.05, 0.1) is 17.7 Å². The third-order valence-electron chi connectivity index (χ3n) is 4.23. The molecule has 1 aromatic carbocycles. The maximum absolute atomic E-state index is 14.4. The molecule has 0 bridgehead atoms. The number of amides is 1. The first-order valence-corrected chi connectivity index (χ1v) is 8.35. The average molecular weight is 371 g/mol. The molecule has 140 valence electrons. The van der Waals surface area contributed by atoms with E-state index >= 15 is 0 Å². The Morgan fingerprint density at radius 1 is 1.48 bits per heavy atom. The van der Waals surface area contributed by atoms with Gasteiger partial charge in [0.1, 0.15) is 29.7 Å². The number of fused-ring (bicyclic) bond motifs is 3. The molecule has 2 aromatic rings. The molecule has 0 aliphatic carbocycles. The van der Waals surface area contributed by atoms with Gasteiger partial charge in [-0.2, -0.15) is 0 Å². The third kappa shape index (κ3) is 3.55. The summed E-state index contributed by atoms with van der Waals surface area (Å²) in [5.74, 6) is 3.80. The van der Waals surface area contributed by atoms with Gasteiger partial charge < -0.3 is 20.1 Å². The Labute approximate surface area is 155 Å². The Kier molecular flexibility index (Phi) is 4.72. The zero-order chi connectivity index (χ0) is 19.8. The number of halogens is 1. The van der Waals surface area contributed by atoms with E-state index in [1.807, 2.05) is 0 Å². The molecule has 0 spiro atoms. The first-order chi connectivity index (χ1) is 12.7. The summed E-state index contributed by atoms with van der Waals surface area (Å²) in [6, 6.07) is 2.59. The van der Waals surface area contributed by atoms with Gasteiger partial charge in [-0.1, -0.05) is 18.8 Å². The van der Waals surface area contributed by atoms with Crippen LogP contribution in [0.4, 0.5) is 4.39 Å². The van der Waals surface area contributed by atoms with Gasteiger partial charge in [-0.05, 0) is 13.0 Å². The first kappa shape index (κ1) is 18.6. The number of rotatable bonds is 3. The van der Waals surface area contributed by atoms with E-state index in [4.69, 9.17) is 10.5 Å². The van der Waals surface area contributed by atoms with Crippen LogP contribution in [0.5, 0.6) is 5.75 Å². The summed E-state index contributed by atoms with van der Waals surface area (Å²) in [7, 11) is 0. The Hall–Kier alpha value is -3.18. The maximum Gasteiger partial charge on any atom is 0.268 e. The number of nitrogens with zero attached hydrogens (tertiary/aromatic N) is 2. The highest BCUT2D eigenvalue weighted by molar-refractivity contribution is 5.91. The minimum Gasteiger partial charge on any atom is -0.491 e. The number of nitrogens with two attached hydrogens (primary N) is 1. The molecule has 7 nitrogen and oxygen atoms in total. The fourth-order valence-corrected chi connectivity index (χ4v) is 2.72. The Morgan fingerprint density at radius 3 is 2.89 bits per heavy atom. The van der Waals surface area contributed by atoms with Crippen LogP contribution in [-0.2, 0) is 11.3 Å². The fraction of sp³-hybridized carbons (Fsp3) is 0.316. The predicted octanol–water partition coefficient (Wildman–Crippen LogP) is 1.26. The summed E-state index contributed by atoms with van der Waals surface area (Å²) < 4.78 is 21.7. The average Bonchev–Trinajstić information content (AvgIpc) is 2.97. The topological polar surface area (TPSA) is 107 Å². The largest absolute Gasteiger partial charge is 0.491 e. The zero-order valence-corrected chi connectivity index (χ0v) is 14.9. The van der Waals surface area contributed by atoms with Gasteiger partial charge in [-0.15, -0.1) is 0 Å². The quantitative estimate of drug-likeness (QED) is 0.790. The maximum atomic E-state index is 14.4. The predicted molar refractivity (Wildman–Crippen MR) is 94.4 cm³/mol. The summed E-state index contributed by atoms with van der Waals surface area (Å²) >= 11 is 0. The van der Waals surface area contributed by atoms with E-state index in [2.05, 4.69) is 16.8 Å². The number of ketones is 1. The summed E-state index contributed by atoms with van der Waals surface area (Å²) in [6.45, 7) is 3.54. The van der Waals surface area contributed by atoms with Gasteiger partial charge in [-0.3, -0.25) is 9.59 Å². The lowest BCUT2D eigenvalue weighted by atomic mass is 9.99. The van der Waals surface area contributed by atoms with Crippen molar-refractivity contribution in [2.45, 2.75) is 32.4 Å². The SMILES string of the molecule is CCC(=O)C(C)(O)C#Cc1cc2c(cc1F)OCCn1cc(C(N)=O)nc1-2. The number of hydrogen-bond acceptors (Lipinski definition) is 5. The van der Waals surface area contributed by atoms with E-state index in [0.717, 1.165) is 0 Å². The lowest BCUT2D eigenvalue weighted by molar-refractivity contribution is -0.130. The van der Waals surface area contributed by atoms with Crippen molar-refractivity contribution < 1.29 is 23.8 Å². The Morgan fingerprint density at radius 2 is 2.22 bits per heavy atom. The van der Waals surface area contributed by atoms with E-state index in [9.17, 15) is 19.1 Å². The van der Waals surface area contributed by atoms with Gasteiger partial charge in [0.2, 0.25) is 0 Å². The molecular formula is C19H18FN3O4. The number of ether oxygens (including phenoxy) is 1. The van der Waals surface area contributed by atoms with Gasteiger partial charge in [0.15, 0.2) is 11.4 Å². The number of hydrogen-bond donors (Lipinski definition) is 2. The molecule has 3 N–H and O–H groups in total. The molecule has 0 fully saturated rings. The summed E-state index contributed by atoms with van der Waals surface area (Å²) in [5.41, 5.74) is 3.91. The van der Waals surface area contributed by atoms with Gasteiger partial charge in [0, 0.05) is 18.7 Å². The van der Waals surface area contributed by atoms with Crippen molar-refractivity contribution in [3.8, 4) is 29.0 Å². The molecular weight excluding hydrogens is 353 g/mol. The minimum absolute atomic E-state index is 0.0291. The zero-order valence-electron chi connectivity index (χ0n) is 14.9. The van der Waals surface area contributed by atoms with Crippen LogP contribution in [0.25, 0.3) is 11.4 Å². The van der Waals surface area contributed by atoms with E-state index < -0.39 is 23.1 Å². The van der Waals surface area contributed by atoms with Crippen LogP contribution in [0.2, 0.25) is 0 Å². The van der Waals surface area contributed by atoms with Crippen molar-refractivity contribution >= 4 is 11.7 Å². The van der Waals surface area contributed by atoms with Gasteiger partial charge in [0.25, 0.3) is 5.91 Å². The van der Waals surface area contributed by atoms with Gasteiger partial charge in [-0.25, -0.2) is 9.37 Å². The minimum atomic E-state index is -1.87. The molecule has 0 radical (unpaired) electrons. The van der Waals surface area contributed by atoms with Crippen molar-refractivity contribution in [2.75, 3.05) is 6.61 Å². The van der Waals surface area contributed by atoms with E-state index in [1.165, 1.54) is 25.3 Å². The molecule has 1 aliphatic heterocycles. The molecule has 1 atom stereocenters. The van der Waals surface area contributed by atoms with Crippen LogP contribution in [-0.4, -0.2) is 38.6 Å².